The topological polar surface area (TPSA) is 156 Å². The van der Waals surface area contributed by atoms with E-state index in [2.05, 4.69) is 5.32 Å². The molecule has 3 aliphatic heterocycles. The van der Waals surface area contributed by atoms with Crippen molar-refractivity contribution in [3.8, 4) is 0 Å². The Kier molecular flexibility index (Phi) is 7.40. The molecule has 2 N–H and O–H groups in total. The molecule has 29 heavy (non-hydrogen) atoms. The largest absolute Gasteiger partial charge is 0.479 e. The van der Waals surface area contributed by atoms with Crippen LogP contribution < -0.4 is 5.32 Å². The van der Waals surface area contributed by atoms with E-state index < -0.39 is 27.9 Å². The number of rotatable bonds is 5. The number of aliphatic carboxylic acids is 1. The zero-order chi connectivity index (χ0) is 21.7. The smallest absolute Gasteiger partial charge is 0.412 e. The van der Waals surface area contributed by atoms with Crippen LogP contribution in [0.2, 0.25) is 0 Å². The molecule has 0 aliphatic carbocycles. The SMILES string of the molecule is CCC(=O)SC1CC(=O)N1C(Cl)C(=O)O.O=C1Nc2ccc(cc2[N+](=O)[O-])CO1. The summed E-state index contributed by atoms with van der Waals surface area (Å²) in [5.41, 5.74) is -0.730. The minimum absolute atomic E-state index is 0.0486. The number of halogens is 1. The third kappa shape index (κ3) is 5.57. The summed E-state index contributed by atoms with van der Waals surface area (Å²) in [6.45, 7) is 1.75. The van der Waals surface area contributed by atoms with Crippen molar-refractivity contribution < 1.29 is 33.9 Å². The first-order chi connectivity index (χ1) is 13.6. The fourth-order valence-corrected chi connectivity index (χ4v) is 3.71. The first-order valence-electron chi connectivity index (χ1n) is 8.22. The van der Waals surface area contributed by atoms with Crippen LogP contribution in [0.5, 0.6) is 0 Å². The zero-order valence-electron chi connectivity index (χ0n) is 15.0. The molecule has 156 valence electrons. The molecular formula is C16H16ClN3O8S. The Balaban J connectivity index is 0.000000207. The van der Waals surface area contributed by atoms with Crippen molar-refractivity contribution in [3.05, 3.63) is 33.9 Å². The number of carbonyl (C=O) groups is 4. The molecule has 0 aromatic heterocycles. The number of nitro benzene ring substituents is 1. The summed E-state index contributed by atoms with van der Waals surface area (Å²) in [5, 5.41) is 21.0. The summed E-state index contributed by atoms with van der Waals surface area (Å²) in [6, 6.07) is 4.55. The van der Waals surface area contributed by atoms with Gasteiger partial charge in [-0.15, -0.1) is 0 Å². The number of thioether (sulfide) groups is 1. The molecule has 2 atom stereocenters. The Labute approximate surface area is 173 Å². The van der Waals surface area contributed by atoms with E-state index in [-0.39, 0.29) is 35.4 Å². The number of benzene rings is 1. The van der Waals surface area contributed by atoms with Crippen molar-refractivity contribution in [2.75, 3.05) is 5.32 Å². The summed E-state index contributed by atoms with van der Waals surface area (Å²) >= 11 is 6.48. The lowest BCUT2D eigenvalue weighted by atomic mass is 10.1. The lowest BCUT2D eigenvalue weighted by Crippen LogP contribution is -2.56. The molecule has 0 spiro atoms. The summed E-state index contributed by atoms with van der Waals surface area (Å²) in [5.74, 6) is -1.61. The third-order valence-corrected chi connectivity index (χ3v) is 5.43. The first kappa shape index (κ1) is 22.4. The summed E-state index contributed by atoms with van der Waals surface area (Å²) in [7, 11) is 0. The lowest BCUT2D eigenvalue weighted by molar-refractivity contribution is -0.384. The van der Waals surface area contributed by atoms with Crippen molar-refractivity contribution in [2.45, 2.75) is 37.2 Å². The quantitative estimate of drug-likeness (QED) is 0.228. The van der Waals surface area contributed by atoms with Crippen LogP contribution in [0.4, 0.5) is 16.2 Å². The first-order valence-corrected chi connectivity index (χ1v) is 9.54. The molecule has 1 fully saturated rings. The number of carboxylic acids is 1. The standard InChI is InChI=1S/C8H10ClNO4S.C8H6N2O4/c1-2-6(12)15-5-3-4(11)10(5)7(9)8(13)14;11-8-9-6-2-1-5(4-14-8)3-7(6)10(12)13/h5,7H,2-3H2,1H3,(H,13,14);1-3H,4H2,(H,9,11). The van der Waals surface area contributed by atoms with Gasteiger partial charge in [-0.05, 0) is 11.6 Å². The normalized spacial score (nSPS) is 18.1. The zero-order valence-corrected chi connectivity index (χ0v) is 16.6. The van der Waals surface area contributed by atoms with Gasteiger partial charge in [-0.3, -0.25) is 25.0 Å². The van der Waals surface area contributed by atoms with Crippen molar-refractivity contribution in [1.82, 2.24) is 4.90 Å². The number of likely N-dealkylation sites (tertiary alicyclic amines) is 1. The van der Waals surface area contributed by atoms with Gasteiger partial charge in [-0.1, -0.05) is 36.4 Å². The summed E-state index contributed by atoms with van der Waals surface area (Å²) < 4.78 is 4.72. The number of ether oxygens (including phenoxy) is 1. The molecular weight excluding hydrogens is 430 g/mol. The second-order valence-corrected chi connectivity index (χ2v) is 7.44. The summed E-state index contributed by atoms with van der Waals surface area (Å²) in [6.07, 6.45) is -0.148. The molecule has 0 radical (unpaired) electrons. The second kappa shape index (κ2) is 9.56. The van der Waals surface area contributed by atoms with E-state index in [9.17, 15) is 29.3 Å². The molecule has 0 saturated carbocycles. The van der Waals surface area contributed by atoms with Crippen LogP contribution in [0.25, 0.3) is 0 Å². The van der Waals surface area contributed by atoms with Gasteiger partial charge in [0.1, 0.15) is 12.3 Å². The van der Waals surface area contributed by atoms with Crippen molar-refractivity contribution >= 4 is 57.8 Å². The molecule has 3 aliphatic rings. The number of alkyl halides is 1. The highest BCUT2D eigenvalue weighted by atomic mass is 35.5. The minimum atomic E-state index is -1.38. The van der Waals surface area contributed by atoms with Gasteiger partial charge in [0, 0.05) is 12.5 Å². The molecule has 2 amide bonds. The Morgan fingerprint density at radius 1 is 1.48 bits per heavy atom. The number of carbonyl (C=O) groups excluding carboxylic acids is 3. The molecule has 11 nitrogen and oxygen atoms in total. The van der Waals surface area contributed by atoms with Crippen LogP contribution in [0.15, 0.2) is 18.2 Å². The van der Waals surface area contributed by atoms with Gasteiger partial charge in [0.2, 0.25) is 11.4 Å². The number of nitro groups is 1. The maximum Gasteiger partial charge on any atom is 0.412 e. The number of hydrogen-bond acceptors (Lipinski definition) is 8. The number of β-lactam (4-membered cyclic amide) rings is 1. The van der Waals surface area contributed by atoms with Gasteiger partial charge in [-0.2, -0.15) is 0 Å². The maximum atomic E-state index is 11.1. The van der Waals surface area contributed by atoms with E-state index in [1.165, 1.54) is 12.1 Å². The highest BCUT2D eigenvalue weighted by molar-refractivity contribution is 8.14. The number of anilines is 1. The Hall–Kier alpha value is -2.86. The highest BCUT2D eigenvalue weighted by Crippen LogP contribution is 2.33. The predicted octanol–water partition coefficient (Wildman–Crippen LogP) is 2.52. The maximum absolute atomic E-state index is 11.1. The van der Waals surface area contributed by atoms with Gasteiger partial charge >= 0.3 is 12.1 Å². The fourth-order valence-electron chi connectivity index (χ4n) is 2.34. The van der Waals surface area contributed by atoms with E-state index in [1.54, 1.807) is 13.0 Å². The van der Waals surface area contributed by atoms with Crippen LogP contribution in [0.3, 0.4) is 0 Å². The Morgan fingerprint density at radius 2 is 2.17 bits per heavy atom. The number of nitrogens with zero attached hydrogens (tertiary/aromatic N) is 2. The number of amides is 2. The average molecular weight is 446 g/mol. The van der Waals surface area contributed by atoms with E-state index in [1.807, 2.05) is 0 Å². The van der Waals surface area contributed by atoms with Crippen LogP contribution in [-0.2, 0) is 25.7 Å². The third-order valence-electron chi connectivity index (χ3n) is 3.82. The van der Waals surface area contributed by atoms with E-state index in [0.717, 1.165) is 16.7 Å². The van der Waals surface area contributed by atoms with Crippen LogP contribution in [0.1, 0.15) is 25.3 Å². The van der Waals surface area contributed by atoms with E-state index >= 15 is 0 Å². The van der Waals surface area contributed by atoms with Gasteiger partial charge in [0.05, 0.1) is 16.7 Å². The van der Waals surface area contributed by atoms with Crippen molar-refractivity contribution in [1.29, 1.82) is 0 Å². The van der Waals surface area contributed by atoms with E-state index in [0.29, 0.717) is 12.0 Å². The van der Waals surface area contributed by atoms with Gasteiger partial charge in [0.15, 0.2) is 5.12 Å². The van der Waals surface area contributed by atoms with Crippen molar-refractivity contribution in [2.24, 2.45) is 0 Å². The second-order valence-electron chi connectivity index (χ2n) is 5.79. The van der Waals surface area contributed by atoms with Crippen LogP contribution >= 0.6 is 23.4 Å². The Morgan fingerprint density at radius 3 is 2.72 bits per heavy atom. The van der Waals surface area contributed by atoms with E-state index in [4.69, 9.17) is 21.4 Å². The molecule has 1 aromatic carbocycles. The fraction of sp³-hybridized carbons (Fsp3) is 0.375. The predicted molar refractivity (Wildman–Crippen MR) is 102 cm³/mol. The molecule has 4 rings (SSSR count). The average Bonchev–Trinajstić information content (AvgIpc) is 2.64. The Bertz CT molecular complexity index is 865. The van der Waals surface area contributed by atoms with Gasteiger partial charge in [-0.25, -0.2) is 9.59 Å². The lowest BCUT2D eigenvalue weighted by Gasteiger charge is -2.40. The van der Waals surface area contributed by atoms with Crippen molar-refractivity contribution in [3.63, 3.8) is 0 Å². The monoisotopic (exact) mass is 445 g/mol. The molecule has 3 heterocycles. The number of hydrogen-bond donors (Lipinski definition) is 2. The van der Waals surface area contributed by atoms with Crippen LogP contribution in [0, 0.1) is 10.1 Å². The van der Waals surface area contributed by atoms with Gasteiger partial charge in [0.25, 0.3) is 5.69 Å². The molecule has 2 bridgehead atoms. The van der Waals surface area contributed by atoms with Crippen LogP contribution in [-0.4, -0.2) is 48.9 Å². The number of nitrogens with one attached hydrogen (secondary N) is 1. The number of carboxylic acid groups (broad SMARTS) is 1. The number of fused-ring (bicyclic) bond motifs is 5. The summed E-state index contributed by atoms with van der Waals surface area (Å²) in [4.78, 5) is 54.8. The molecule has 1 saturated heterocycles. The van der Waals surface area contributed by atoms with Gasteiger partial charge < -0.3 is 14.7 Å². The highest BCUT2D eigenvalue weighted by Gasteiger charge is 2.44. The molecule has 13 heteroatoms. The molecule has 2 unspecified atom stereocenters. The minimum Gasteiger partial charge on any atom is -0.479 e. The molecule has 1 aromatic rings.